The monoisotopic (exact) mass is 451 g/mol. The molecule has 170 valence electrons. The van der Waals surface area contributed by atoms with Crippen LogP contribution in [0.15, 0.2) is 54.9 Å². The predicted molar refractivity (Wildman–Crippen MR) is 124 cm³/mol. The molecule has 2 aromatic heterocycles. The molecule has 5 nitrogen and oxygen atoms in total. The number of anilines is 1. The second-order valence-corrected chi connectivity index (χ2v) is 8.45. The van der Waals surface area contributed by atoms with Gasteiger partial charge in [-0.15, -0.1) is 0 Å². The molecule has 5 rings (SSSR count). The summed E-state index contributed by atoms with van der Waals surface area (Å²) in [6.45, 7) is 3.62. The molecule has 1 aliphatic heterocycles. The lowest BCUT2D eigenvalue weighted by atomic mass is 9.98. The first-order valence-corrected chi connectivity index (χ1v) is 10.9. The Labute approximate surface area is 189 Å². The molecule has 1 atom stereocenters. The quantitative estimate of drug-likeness (QED) is 0.413. The number of likely N-dealkylation sites (N-methyl/N-ethyl adjacent to an activating group) is 1. The summed E-state index contributed by atoms with van der Waals surface area (Å²) in [4.78, 5) is 11.2. The van der Waals surface area contributed by atoms with Crippen molar-refractivity contribution in [3.63, 3.8) is 0 Å². The maximum absolute atomic E-state index is 14.8. The number of imidazole rings is 1. The topological polar surface area (TPSA) is 45.5 Å². The van der Waals surface area contributed by atoms with Crippen LogP contribution in [-0.2, 0) is 0 Å². The minimum atomic E-state index is -2.87. The molecule has 0 unspecified atom stereocenters. The van der Waals surface area contributed by atoms with Crippen molar-refractivity contribution in [1.29, 1.82) is 0 Å². The third-order valence-electron chi connectivity index (χ3n) is 6.24. The Bertz CT molecular complexity index is 1360. The van der Waals surface area contributed by atoms with Gasteiger partial charge in [0, 0.05) is 36.4 Å². The number of aromatic nitrogens is 3. The first kappa shape index (κ1) is 21.5. The third-order valence-corrected chi connectivity index (χ3v) is 6.24. The fourth-order valence-corrected chi connectivity index (χ4v) is 4.36. The number of nitrogens with zero attached hydrogens (tertiary/aromatic N) is 4. The summed E-state index contributed by atoms with van der Waals surface area (Å²) < 4.78 is 43.1. The van der Waals surface area contributed by atoms with E-state index in [2.05, 4.69) is 45.4 Å². The van der Waals surface area contributed by atoms with Crippen LogP contribution in [0.5, 0.6) is 0 Å². The first-order valence-electron chi connectivity index (χ1n) is 10.9. The highest BCUT2D eigenvalue weighted by Crippen LogP contribution is 2.33. The van der Waals surface area contributed by atoms with Crippen LogP contribution in [0.25, 0.3) is 22.3 Å². The van der Waals surface area contributed by atoms with Crippen LogP contribution >= 0.6 is 0 Å². The van der Waals surface area contributed by atoms with Gasteiger partial charge in [-0.3, -0.25) is 4.40 Å². The number of hydrogen-bond donors (Lipinski definition) is 1. The molecule has 3 heterocycles. The van der Waals surface area contributed by atoms with E-state index in [0.29, 0.717) is 11.6 Å². The van der Waals surface area contributed by atoms with E-state index in [1.54, 1.807) is 13.1 Å². The molecule has 1 aliphatic rings. The Morgan fingerprint density at radius 1 is 1.12 bits per heavy atom. The fourth-order valence-electron chi connectivity index (χ4n) is 4.36. The molecule has 0 aliphatic carbocycles. The number of hydrogen-bond acceptors (Lipinski definition) is 4. The molecular weight excluding hydrogens is 427 g/mol. The highest BCUT2D eigenvalue weighted by atomic mass is 19.3. The molecule has 1 N–H and O–H groups in total. The normalized spacial score (nSPS) is 15.9. The Balaban J connectivity index is 1.59. The van der Waals surface area contributed by atoms with Crippen molar-refractivity contribution in [3.8, 4) is 0 Å². The molecule has 0 radical (unpaired) electrons. The average molecular weight is 451 g/mol. The van der Waals surface area contributed by atoms with Crippen molar-refractivity contribution in [1.82, 2.24) is 19.3 Å². The van der Waals surface area contributed by atoms with Crippen LogP contribution in [0, 0.1) is 5.82 Å². The summed E-state index contributed by atoms with van der Waals surface area (Å²) in [6, 6.07) is 9.71. The van der Waals surface area contributed by atoms with Gasteiger partial charge in [-0.1, -0.05) is 30.3 Å². The number of rotatable bonds is 5. The van der Waals surface area contributed by atoms with Gasteiger partial charge in [-0.25, -0.2) is 18.2 Å². The van der Waals surface area contributed by atoms with Gasteiger partial charge in [0.1, 0.15) is 11.6 Å². The largest absolute Gasteiger partial charge is 0.363 e. The van der Waals surface area contributed by atoms with E-state index in [9.17, 15) is 13.2 Å². The van der Waals surface area contributed by atoms with Crippen molar-refractivity contribution < 1.29 is 13.2 Å². The number of nitrogens with one attached hydrogen (secondary N) is 1. The van der Waals surface area contributed by atoms with Gasteiger partial charge in [0.2, 0.25) is 5.78 Å². The standard InChI is InChI=1S/C25H24F3N5/c1-15(18-4-3-5-19(22(18)26)23(27)28)30-24-20-14-17(16-8-11-32(2)12-9-16)6-7-21(20)33-13-10-29-25(33)31-24/h3-8,10,13-15,23H,9,11-12H2,1-2H3,(H,29,30,31)/t15-/m1/s1. The van der Waals surface area contributed by atoms with Crippen LogP contribution < -0.4 is 5.32 Å². The minimum Gasteiger partial charge on any atom is -0.363 e. The number of benzene rings is 2. The van der Waals surface area contributed by atoms with Gasteiger partial charge >= 0.3 is 0 Å². The fraction of sp³-hybridized carbons (Fsp3) is 0.280. The second-order valence-electron chi connectivity index (χ2n) is 8.45. The van der Waals surface area contributed by atoms with Gasteiger partial charge in [-0.2, -0.15) is 4.98 Å². The molecule has 0 saturated carbocycles. The SMILES string of the molecule is C[C@@H](Nc1nc2nccn2c2ccc(C3=CCN(C)CC3)cc12)c1cccc(C(F)F)c1F. The summed E-state index contributed by atoms with van der Waals surface area (Å²) >= 11 is 0. The van der Waals surface area contributed by atoms with Crippen LogP contribution in [0.1, 0.15) is 42.5 Å². The maximum atomic E-state index is 14.8. The number of fused-ring (bicyclic) bond motifs is 3. The Morgan fingerprint density at radius 2 is 1.94 bits per heavy atom. The van der Waals surface area contributed by atoms with Gasteiger partial charge in [0.05, 0.1) is 17.1 Å². The van der Waals surface area contributed by atoms with Crippen molar-refractivity contribution in [2.24, 2.45) is 0 Å². The Kier molecular flexibility index (Phi) is 5.54. The molecule has 0 fully saturated rings. The van der Waals surface area contributed by atoms with Crippen LogP contribution in [0.2, 0.25) is 0 Å². The highest BCUT2D eigenvalue weighted by Gasteiger charge is 2.21. The molecule has 0 spiro atoms. The maximum Gasteiger partial charge on any atom is 0.266 e. The van der Waals surface area contributed by atoms with E-state index in [-0.39, 0.29) is 5.56 Å². The van der Waals surface area contributed by atoms with Gasteiger partial charge < -0.3 is 10.2 Å². The summed E-state index contributed by atoms with van der Waals surface area (Å²) in [6.07, 6.45) is 3.83. The van der Waals surface area contributed by atoms with Gasteiger partial charge in [0.15, 0.2) is 0 Å². The summed E-state index contributed by atoms with van der Waals surface area (Å²) in [5.41, 5.74) is 2.86. The zero-order valence-electron chi connectivity index (χ0n) is 18.4. The van der Waals surface area contributed by atoms with E-state index in [0.717, 1.165) is 42.0 Å². The molecule has 0 saturated heterocycles. The zero-order chi connectivity index (χ0) is 23.1. The Hall–Kier alpha value is -3.39. The molecule has 0 bridgehead atoms. The third kappa shape index (κ3) is 3.95. The second kappa shape index (κ2) is 8.51. The molecule has 4 aromatic rings. The van der Waals surface area contributed by atoms with E-state index in [1.807, 2.05) is 16.7 Å². The molecule has 0 amide bonds. The molecule has 33 heavy (non-hydrogen) atoms. The lowest BCUT2D eigenvalue weighted by Gasteiger charge is -2.23. The summed E-state index contributed by atoms with van der Waals surface area (Å²) in [5.74, 6) is 0.148. The lowest BCUT2D eigenvalue weighted by molar-refractivity contribution is 0.146. The first-order chi connectivity index (χ1) is 15.9. The lowest BCUT2D eigenvalue weighted by Crippen LogP contribution is -2.23. The zero-order valence-corrected chi connectivity index (χ0v) is 18.4. The predicted octanol–water partition coefficient (Wildman–Crippen LogP) is 5.85. The van der Waals surface area contributed by atoms with Gasteiger partial charge in [-0.05, 0) is 43.7 Å². The van der Waals surface area contributed by atoms with Crippen molar-refractivity contribution in [3.05, 3.63) is 77.4 Å². The van der Waals surface area contributed by atoms with Crippen LogP contribution in [0.3, 0.4) is 0 Å². The van der Waals surface area contributed by atoms with E-state index < -0.39 is 23.8 Å². The number of alkyl halides is 2. The summed E-state index contributed by atoms with van der Waals surface area (Å²) in [5, 5.41) is 4.11. The van der Waals surface area contributed by atoms with Crippen molar-refractivity contribution in [2.45, 2.75) is 25.8 Å². The van der Waals surface area contributed by atoms with Crippen molar-refractivity contribution >= 4 is 28.1 Å². The van der Waals surface area contributed by atoms with Gasteiger partial charge in [0.25, 0.3) is 6.43 Å². The smallest absolute Gasteiger partial charge is 0.266 e. The highest BCUT2D eigenvalue weighted by molar-refractivity contribution is 5.93. The average Bonchev–Trinajstić information content (AvgIpc) is 3.28. The minimum absolute atomic E-state index is 0.167. The molecule has 8 heteroatoms. The van der Waals surface area contributed by atoms with E-state index >= 15 is 0 Å². The van der Waals surface area contributed by atoms with Crippen LogP contribution in [-0.4, -0.2) is 39.4 Å². The molecule has 2 aromatic carbocycles. The molecular formula is C25H24F3N5. The van der Waals surface area contributed by atoms with E-state index in [4.69, 9.17) is 0 Å². The van der Waals surface area contributed by atoms with Crippen molar-refractivity contribution in [2.75, 3.05) is 25.5 Å². The van der Waals surface area contributed by atoms with Crippen LogP contribution in [0.4, 0.5) is 19.0 Å². The summed E-state index contributed by atoms with van der Waals surface area (Å²) in [7, 11) is 2.10. The number of halogens is 3. The Morgan fingerprint density at radius 3 is 2.70 bits per heavy atom. The van der Waals surface area contributed by atoms with E-state index in [1.165, 1.54) is 17.7 Å².